The molecular weight excluding hydrogens is 352 g/mol. The van der Waals surface area contributed by atoms with Gasteiger partial charge in [-0.2, -0.15) is 0 Å². The number of phenols is 1. The zero-order chi connectivity index (χ0) is 20.1. The highest BCUT2D eigenvalue weighted by atomic mass is 16.5. The van der Waals surface area contributed by atoms with Crippen LogP contribution in [0.15, 0.2) is 48.5 Å². The van der Waals surface area contributed by atoms with E-state index >= 15 is 0 Å². The second-order valence-corrected chi connectivity index (χ2v) is 7.67. The standard InChI is InChI=1S/C23H30N2O3/c1-17(2)19-8-10-20(11-9-19)18(3)24-12-14-25(15-13-24)23(27)16-28-22-7-5-4-6-21(22)26/h4-11,17-18,26H,12-16H2,1-3H3. The summed E-state index contributed by atoms with van der Waals surface area (Å²) in [7, 11) is 0. The van der Waals surface area contributed by atoms with Crippen molar-refractivity contribution in [3.05, 3.63) is 59.7 Å². The van der Waals surface area contributed by atoms with Gasteiger partial charge in [0.25, 0.3) is 5.91 Å². The zero-order valence-electron chi connectivity index (χ0n) is 17.0. The van der Waals surface area contributed by atoms with Gasteiger partial charge in [0.2, 0.25) is 0 Å². The lowest BCUT2D eigenvalue weighted by Gasteiger charge is -2.38. The number of ether oxygens (including phenoxy) is 1. The largest absolute Gasteiger partial charge is 0.504 e. The molecule has 0 aliphatic carbocycles. The number of phenolic OH excluding ortho intramolecular Hbond substituents is 1. The van der Waals surface area contributed by atoms with Crippen LogP contribution in [-0.2, 0) is 4.79 Å². The maximum Gasteiger partial charge on any atom is 0.260 e. The quantitative estimate of drug-likeness (QED) is 0.826. The SMILES string of the molecule is CC(C)c1ccc(C(C)N2CCN(C(=O)COc3ccccc3O)CC2)cc1. The molecule has 1 unspecified atom stereocenters. The molecule has 1 aliphatic heterocycles. The van der Waals surface area contributed by atoms with Crippen LogP contribution in [0.2, 0.25) is 0 Å². The fraction of sp³-hybridized carbons (Fsp3) is 0.435. The van der Waals surface area contributed by atoms with Crippen molar-refractivity contribution in [1.82, 2.24) is 9.80 Å². The summed E-state index contributed by atoms with van der Waals surface area (Å²) in [6.07, 6.45) is 0. The van der Waals surface area contributed by atoms with E-state index in [4.69, 9.17) is 4.74 Å². The summed E-state index contributed by atoms with van der Waals surface area (Å²) in [5.74, 6) is 0.890. The predicted octanol–water partition coefficient (Wildman–Crippen LogP) is 3.80. The van der Waals surface area contributed by atoms with Crippen molar-refractivity contribution in [2.45, 2.75) is 32.7 Å². The third kappa shape index (κ3) is 4.84. The van der Waals surface area contributed by atoms with Gasteiger partial charge in [0.1, 0.15) is 0 Å². The Bertz CT molecular complexity index is 781. The third-order valence-corrected chi connectivity index (χ3v) is 5.52. The molecule has 1 aliphatic rings. The summed E-state index contributed by atoms with van der Waals surface area (Å²) in [6.45, 7) is 9.65. The molecule has 1 amide bonds. The molecule has 1 N–H and O–H groups in total. The lowest BCUT2D eigenvalue weighted by Crippen LogP contribution is -2.50. The molecular formula is C23H30N2O3. The molecule has 5 nitrogen and oxygen atoms in total. The van der Waals surface area contributed by atoms with E-state index in [1.807, 2.05) is 4.90 Å². The summed E-state index contributed by atoms with van der Waals surface area (Å²) in [5, 5.41) is 9.73. The highest BCUT2D eigenvalue weighted by molar-refractivity contribution is 5.78. The highest BCUT2D eigenvalue weighted by Gasteiger charge is 2.25. The van der Waals surface area contributed by atoms with Crippen LogP contribution in [0.3, 0.4) is 0 Å². The van der Waals surface area contributed by atoms with Crippen LogP contribution in [-0.4, -0.2) is 53.6 Å². The van der Waals surface area contributed by atoms with Gasteiger partial charge in [-0.15, -0.1) is 0 Å². The smallest absolute Gasteiger partial charge is 0.260 e. The Kier molecular flexibility index (Phi) is 6.57. The second-order valence-electron chi connectivity index (χ2n) is 7.67. The minimum absolute atomic E-state index is 0.0446. The Hall–Kier alpha value is -2.53. The minimum atomic E-state index is -0.0518. The van der Waals surface area contributed by atoms with Crippen LogP contribution >= 0.6 is 0 Å². The molecule has 0 saturated carbocycles. The Labute approximate surface area is 167 Å². The summed E-state index contributed by atoms with van der Waals surface area (Å²) in [6, 6.07) is 15.9. The molecule has 3 rings (SSSR count). The average molecular weight is 383 g/mol. The van der Waals surface area contributed by atoms with E-state index in [1.54, 1.807) is 24.3 Å². The summed E-state index contributed by atoms with van der Waals surface area (Å²) in [5.41, 5.74) is 2.67. The Morgan fingerprint density at radius 2 is 1.57 bits per heavy atom. The van der Waals surface area contributed by atoms with Gasteiger partial charge in [-0.05, 0) is 36.1 Å². The Balaban J connectivity index is 1.49. The van der Waals surface area contributed by atoms with E-state index in [9.17, 15) is 9.90 Å². The average Bonchev–Trinajstić information content (AvgIpc) is 2.72. The number of hydrogen-bond donors (Lipinski definition) is 1. The van der Waals surface area contributed by atoms with E-state index in [0.717, 1.165) is 13.1 Å². The molecule has 0 radical (unpaired) electrons. The van der Waals surface area contributed by atoms with Crippen molar-refractivity contribution in [3.63, 3.8) is 0 Å². The zero-order valence-corrected chi connectivity index (χ0v) is 17.0. The van der Waals surface area contributed by atoms with Gasteiger partial charge in [0, 0.05) is 32.2 Å². The normalized spacial score (nSPS) is 16.2. The Morgan fingerprint density at radius 1 is 0.964 bits per heavy atom. The first-order chi connectivity index (χ1) is 13.5. The van der Waals surface area contributed by atoms with E-state index in [0.29, 0.717) is 30.8 Å². The topological polar surface area (TPSA) is 53.0 Å². The van der Waals surface area contributed by atoms with Crippen LogP contribution < -0.4 is 4.74 Å². The molecule has 1 heterocycles. The first kappa shape index (κ1) is 20.2. The van der Waals surface area contributed by atoms with Crippen molar-refractivity contribution in [1.29, 1.82) is 0 Å². The molecule has 1 fully saturated rings. The second kappa shape index (κ2) is 9.11. The third-order valence-electron chi connectivity index (χ3n) is 5.52. The number of piperazine rings is 1. The number of hydrogen-bond acceptors (Lipinski definition) is 4. The van der Waals surface area contributed by atoms with Gasteiger partial charge in [-0.3, -0.25) is 9.69 Å². The van der Waals surface area contributed by atoms with Gasteiger partial charge in [-0.25, -0.2) is 0 Å². The summed E-state index contributed by atoms with van der Waals surface area (Å²) < 4.78 is 5.47. The number of amides is 1. The van der Waals surface area contributed by atoms with Crippen molar-refractivity contribution in [3.8, 4) is 11.5 Å². The predicted molar refractivity (Wildman–Crippen MR) is 111 cm³/mol. The van der Waals surface area contributed by atoms with Crippen LogP contribution in [0.4, 0.5) is 0 Å². The molecule has 5 heteroatoms. The van der Waals surface area contributed by atoms with Crippen molar-refractivity contribution >= 4 is 5.91 Å². The lowest BCUT2D eigenvalue weighted by atomic mass is 9.99. The fourth-order valence-corrected chi connectivity index (χ4v) is 3.54. The van der Waals surface area contributed by atoms with Gasteiger partial charge in [0.05, 0.1) is 0 Å². The fourth-order valence-electron chi connectivity index (χ4n) is 3.54. The first-order valence-electron chi connectivity index (χ1n) is 9.98. The molecule has 1 atom stereocenters. The van der Waals surface area contributed by atoms with Gasteiger partial charge >= 0.3 is 0 Å². The minimum Gasteiger partial charge on any atom is -0.504 e. The molecule has 0 aromatic heterocycles. The Morgan fingerprint density at radius 3 is 2.18 bits per heavy atom. The molecule has 2 aromatic carbocycles. The molecule has 0 spiro atoms. The summed E-state index contributed by atoms with van der Waals surface area (Å²) in [4.78, 5) is 16.7. The number of para-hydroxylation sites is 2. The number of carbonyl (C=O) groups is 1. The number of nitrogens with zero attached hydrogens (tertiary/aromatic N) is 2. The van der Waals surface area contributed by atoms with Crippen molar-refractivity contribution < 1.29 is 14.6 Å². The van der Waals surface area contributed by atoms with E-state index in [2.05, 4.69) is 49.9 Å². The van der Waals surface area contributed by atoms with Crippen LogP contribution in [0.25, 0.3) is 0 Å². The van der Waals surface area contributed by atoms with Crippen molar-refractivity contribution in [2.24, 2.45) is 0 Å². The summed E-state index contributed by atoms with van der Waals surface area (Å²) >= 11 is 0. The van der Waals surface area contributed by atoms with Crippen LogP contribution in [0.5, 0.6) is 11.5 Å². The monoisotopic (exact) mass is 382 g/mol. The maximum atomic E-state index is 12.4. The molecule has 1 saturated heterocycles. The van der Waals surface area contributed by atoms with E-state index in [1.165, 1.54) is 11.1 Å². The number of rotatable bonds is 6. The molecule has 28 heavy (non-hydrogen) atoms. The number of benzene rings is 2. The van der Waals surface area contributed by atoms with E-state index in [-0.39, 0.29) is 18.3 Å². The lowest BCUT2D eigenvalue weighted by molar-refractivity contribution is -0.135. The van der Waals surface area contributed by atoms with Crippen LogP contribution in [0, 0.1) is 0 Å². The van der Waals surface area contributed by atoms with Crippen molar-refractivity contribution in [2.75, 3.05) is 32.8 Å². The molecule has 0 bridgehead atoms. The van der Waals surface area contributed by atoms with E-state index < -0.39 is 0 Å². The number of carbonyl (C=O) groups excluding carboxylic acids is 1. The molecule has 2 aromatic rings. The van der Waals surface area contributed by atoms with Gasteiger partial charge in [-0.1, -0.05) is 50.2 Å². The highest BCUT2D eigenvalue weighted by Crippen LogP contribution is 2.25. The first-order valence-corrected chi connectivity index (χ1v) is 9.98. The van der Waals surface area contributed by atoms with Crippen LogP contribution in [0.1, 0.15) is 43.9 Å². The van der Waals surface area contributed by atoms with Gasteiger partial charge in [0.15, 0.2) is 18.1 Å². The number of aromatic hydroxyl groups is 1. The van der Waals surface area contributed by atoms with Gasteiger partial charge < -0.3 is 14.7 Å². The maximum absolute atomic E-state index is 12.4. The molecule has 150 valence electrons.